The Kier molecular flexibility index (Phi) is 3.92. The van der Waals surface area contributed by atoms with Crippen LogP contribution in [0.3, 0.4) is 0 Å². The van der Waals surface area contributed by atoms with Gasteiger partial charge in [0, 0.05) is 36.9 Å². The SMILES string of the molecule is CC(=O)Nc1ccc(NC2CCN3CCCC3C2)cc1. The van der Waals surface area contributed by atoms with E-state index in [4.69, 9.17) is 0 Å². The van der Waals surface area contributed by atoms with Gasteiger partial charge in [0.05, 0.1) is 0 Å². The van der Waals surface area contributed by atoms with Crippen molar-refractivity contribution in [2.24, 2.45) is 0 Å². The van der Waals surface area contributed by atoms with Crippen LogP contribution in [-0.4, -0.2) is 36.0 Å². The second-order valence-corrected chi connectivity index (χ2v) is 5.96. The highest BCUT2D eigenvalue weighted by atomic mass is 16.1. The monoisotopic (exact) mass is 273 g/mol. The van der Waals surface area contributed by atoms with Crippen LogP contribution in [0, 0.1) is 0 Å². The number of piperidine rings is 1. The first kappa shape index (κ1) is 13.4. The van der Waals surface area contributed by atoms with Gasteiger partial charge in [0.2, 0.25) is 5.91 Å². The average Bonchev–Trinajstić information content (AvgIpc) is 2.88. The maximum Gasteiger partial charge on any atom is 0.221 e. The minimum absolute atomic E-state index is 0.0284. The van der Waals surface area contributed by atoms with Gasteiger partial charge in [-0.05, 0) is 56.5 Å². The van der Waals surface area contributed by atoms with Gasteiger partial charge in [-0.25, -0.2) is 0 Å². The summed E-state index contributed by atoms with van der Waals surface area (Å²) in [6, 6.07) is 9.38. The van der Waals surface area contributed by atoms with Crippen LogP contribution in [0.2, 0.25) is 0 Å². The summed E-state index contributed by atoms with van der Waals surface area (Å²) in [7, 11) is 0. The van der Waals surface area contributed by atoms with Gasteiger partial charge in [-0.1, -0.05) is 0 Å². The van der Waals surface area contributed by atoms with Crippen molar-refractivity contribution in [3.05, 3.63) is 24.3 Å². The highest BCUT2D eigenvalue weighted by molar-refractivity contribution is 5.88. The van der Waals surface area contributed by atoms with Crippen molar-refractivity contribution < 1.29 is 4.79 Å². The van der Waals surface area contributed by atoms with Crippen LogP contribution in [0.1, 0.15) is 32.6 Å². The Morgan fingerprint density at radius 2 is 1.90 bits per heavy atom. The number of carbonyl (C=O) groups is 1. The number of benzene rings is 1. The smallest absolute Gasteiger partial charge is 0.221 e. The topological polar surface area (TPSA) is 44.4 Å². The summed E-state index contributed by atoms with van der Waals surface area (Å²) in [4.78, 5) is 13.6. The molecule has 2 fully saturated rings. The number of fused-ring (bicyclic) bond motifs is 1. The number of rotatable bonds is 3. The second-order valence-electron chi connectivity index (χ2n) is 5.96. The zero-order chi connectivity index (χ0) is 13.9. The lowest BCUT2D eigenvalue weighted by atomic mass is 9.97. The second kappa shape index (κ2) is 5.83. The summed E-state index contributed by atoms with van der Waals surface area (Å²) >= 11 is 0. The molecule has 0 spiro atoms. The molecule has 0 radical (unpaired) electrons. The van der Waals surface area contributed by atoms with E-state index in [9.17, 15) is 4.79 Å². The number of nitrogens with one attached hydrogen (secondary N) is 2. The maximum absolute atomic E-state index is 11.0. The van der Waals surface area contributed by atoms with Crippen LogP contribution in [0.25, 0.3) is 0 Å². The molecule has 2 aliphatic heterocycles. The molecule has 2 heterocycles. The third kappa shape index (κ3) is 3.12. The van der Waals surface area contributed by atoms with Crippen LogP contribution in [0.5, 0.6) is 0 Å². The normalized spacial score (nSPS) is 26.1. The standard InChI is InChI=1S/C16H23N3O/c1-12(20)17-13-4-6-14(7-5-13)18-15-8-10-19-9-2-3-16(19)11-15/h4-7,15-16,18H,2-3,8-11H2,1H3,(H,17,20). The van der Waals surface area contributed by atoms with E-state index in [2.05, 4.69) is 15.5 Å². The zero-order valence-electron chi connectivity index (χ0n) is 12.1. The predicted octanol–water partition coefficient (Wildman–Crippen LogP) is 2.68. The molecule has 1 aromatic rings. The molecule has 4 heteroatoms. The Hall–Kier alpha value is -1.55. The summed E-state index contributed by atoms with van der Waals surface area (Å²) < 4.78 is 0. The zero-order valence-corrected chi connectivity index (χ0v) is 12.1. The minimum Gasteiger partial charge on any atom is -0.382 e. The summed E-state index contributed by atoms with van der Waals surface area (Å²) in [5, 5.41) is 6.43. The molecular weight excluding hydrogens is 250 g/mol. The van der Waals surface area contributed by atoms with E-state index < -0.39 is 0 Å². The molecule has 1 amide bonds. The fourth-order valence-corrected chi connectivity index (χ4v) is 3.44. The number of hydrogen-bond acceptors (Lipinski definition) is 3. The predicted molar refractivity (Wildman–Crippen MR) is 82.0 cm³/mol. The fraction of sp³-hybridized carbons (Fsp3) is 0.562. The van der Waals surface area contributed by atoms with Crippen molar-refractivity contribution in [2.75, 3.05) is 23.7 Å². The molecule has 2 unspecified atom stereocenters. The van der Waals surface area contributed by atoms with Crippen molar-refractivity contribution in [3.8, 4) is 0 Å². The summed E-state index contributed by atoms with van der Waals surface area (Å²) in [6.07, 6.45) is 5.21. The molecule has 4 nitrogen and oxygen atoms in total. The highest BCUT2D eigenvalue weighted by Crippen LogP contribution is 2.28. The molecular formula is C16H23N3O. The van der Waals surface area contributed by atoms with Crippen molar-refractivity contribution in [3.63, 3.8) is 0 Å². The van der Waals surface area contributed by atoms with Gasteiger partial charge < -0.3 is 15.5 Å². The molecule has 3 rings (SSSR count). The number of amides is 1. The van der Waals surface area contributed by atoms with E-state index in [0.29, 0.717) is 6.04 Å². The highest BCUT2D eigenvalue weighted by Gasteiger charge is 2.31. The van der Waals surface area contributed by atoms with E-state index in [1.165, 1.54) is 45.7 Å². The Morgan fingerprint density at radius 1 is 1.15 bits per heavy atom. The van der Waals surface area contributed by atoms with E-state index in [-0.39, 0.29) is 5.91 Å². The van der Waals surface area contributed by atoms with Crippen LogP contribution in [-0.2, 0) is 4.79 Å². The number of hydrogen-bond donors (Lipinski definition) is 2. The first-order valence-corrected chi connectivity index (χ1v) is 7.59. The third-order valence-electron chi connectivity index (χ3n) is 4.40. The number of carbonyl (C=O) groups excluding carboxylic acids is 1. The van der Waals surface area contributed by atoms with Gasteiger partial charge in [-0.3, -0.25) is 4.79 Å². The molecule has 2 N–H and O–H groups in total. The fourth-order valence-electron chi connectivity index (χ4n) is 3.44. The molecule has 2 aliphatic rings. The van der Waals surface area contributed by atoms with E-state index in [1.54, 1.807) is 0 Å². The minimum atomic E-state index is -0.0284. The lowest BCUT2D eigenvalue weighted by Crippen LogP contribution is -2.42. The molecule has 0 aromatic heterocycles. The van der Waals surface area contributed by atoms with Crippen LogP contribution in [0.4, 0.5) is 11.4 Å². The van der Waals surface area contributed by atoms with Crippen molar-refractivity contribution in [1.82, 2.24) is 4.90 Å². The summed E-state index contributed by atoms with van der Waals surface area (Å²) in [5.74, 6) is -0.0284. The molecule has 108 valence electrons. The molecule has 0 bridgehead atoms. The van der Waals surface area contributed by atoms with Crippen LogP contribution < -0.4 is 10.6 Å². The molecule has 1 aromatic carbocycles. The average molecular weight is 273 g/mol. The molecule has 2 atom stereocenters. The quantitative estimate of drug-likeness (QED) is 0.890. The van der Waals surface area contributed by atoms with Gasteiger partial charge >= 0.3 is 0 Å². The van der Waals surface area contributed by atoms with Crippen molar-refractivity contribution in [1.29, 1.82) is 0 Å². The molecule has 0 saturated carbocycles. The summed E-state index contributed by atoms with van der Waals surface area (Å²) in [5.41, 5.74) is 2.00. The van der Waals surface area contributed by atoms with Gasteiger partial charge in [-0.2, -0.15) is 0 Å². The van der Waals surface area contributed by atoms with Crippen LogP contribution >= 0.6 is 0 Å². The number of anilines is 2. The van der Waals surface area contributed by atoms with Crippen molar-refractivity contribution in [2.45, 2.75) is 44.7 Å². The first-order chi connectivity index (χ1) is 9.70. The maximum atomic E-state index is 11.0. The Balaban J connectivity index is 1.56. The van der Waals surface area contributed by atoms with Gasteiger partial charge in [0.1, 0.15) is 0 Å². The Morgan fingerprint density at radius 3 is 2.65 bits per heavy atom. The largest absolute Gasteiger partial charge is 0.382 e. The van der Waals surface area contributed by atoms with Crippen LogP contribution in [0.15, 0.2) is 24.3 Å². The summed E-state index contributed by atoms with van der Waals surface area (Å²) in [6.45, 7) is 4.05. The van der Waals surface area contributed by atoms with Crippen molar-refractivity contribution >= 4 is 17.3 Å². The first-order valence-electron chi connectivity index (χ1n) is 7.59. The van der Waals surface area contributed by atoms with E-state index in [1.807, 2.05) is 24.3 Å². The molecule has 20 heavy (non-hydrogen) atoms. The lowest BCUT2D eigenvalue weighted by Gasteiger charge is -2.35. The lowest BCUT2D eigenvalue weighted by molar-refractivity contribution is -0.114. The van der Waals surface area contributed by atoms with E-state index >= 15 is 0 Å². The van der Waals surface area contributed by atoms with E-state index in [0.717, 1.165) is 17.4 Å². The Bertz CT molecular complexity index is 471. The Labute approximate surface area is 120 Å². The van der Waals surface area contributed by atoms with Gasteiger partial charge in [0.15, 0.2) is 0 Å². The van der Waals surface area contributed by atoms with Gasteiger partial charge in [0.25, 0.3) is 0 Å². The number of nitrogens with zero attached hydrogens (tertiary/aromatic N) is 1. The third-order valence-corrected chi connectivity index (χ3v) is 4.40. The van der Waals surface area contributed by atoms with Gasteiger partial charge in [-0.15, -0.1) is 0 Å². The molecule has 0 aliphatic carbocycles. The molecule has 2 saturated heterocycles.